The zero-order chi connectivity index (χ0) is 15.2. The van der Waals surface area contributed by atoms with Crippen LogP contribution in [0.3, 0.4) is 0 Å². The number of benzene rings is 1. The van der Waals surface area contributed by atoms with Crippen molar-refractivity contribution < 1.29 is 0 Å². The van der Waals surface area contributed by atoms with E-state index in [0.29, 0.717) is 12.6 Å². The van der Waals surface area contributed by atoms with Crippen molar-refractivity contribution in [1.29, 1.82) is 0 Å². The van der Waals surface area contributed by atoms with Crippen LogP contribution in [-0.2, 0) is 0 Å². The van der Waals surface area contributed by atoms with Crippen molar-refractivity contribution in [3.05, 3.63) is 35.9 Å². The molecular formula is C19H34N2. The van der Waals surface area contributed by atoms with E-state index in [1.54, 1.807) is 0 Å². The summed E-state index contributed by atoms with van der Waals surface area (Å²) in [6, 6.07) is 10.8. The number of rotatable bonds is 13. The fourth-order valence-electron chi connectivity index (χ4n) is 2.73. The van der Waals surface area contributed by atoms with Crippen LogP contribution in [0, 0.1) is 0 Å². The minimum Gasteiger partial charge on any atom is -0.329 e. The van der Waals surface area contributed by atoms with Gasteiger partial charge in [0.2, 0.25) is 0 Å². The van der Waals surface area contributed by atoms with Gasteiger partial charge in [0.15, 0.2) is 0 Å². The summed E-state index contributed by atoms with van der Waals surface area (Å²) in [7, 11) is 0. The average molecular weight is 290 g/mol. The lowest BCUT2D eigenvalue weighted by molar-refractivity contribution is 0.504. The van der Waals surface area contributed by atoms with E-state index in [0.717, 1.165) is 6.54 Å². The van der Waals surface area contributed by atoms with E-state index in [1.807, 2.05) is 0 Å². The number of hydrogen-bond acceptors (Lipinski definition) is 2. The van der Waals surface area contributed by atoms with Gasteiger partial charge in [0.25, 0.3) is 0 Å². The second kappa shape index (κ2) is 12.8. The van der Waals surface area contributed by atoms with E-state index in [4.69, 9.17) is 5.73 Å². The molecule has 0 amide bonds. The smallest absolute Gasteiger partial charge is 0.0444 e. The largest absolute Gasteiger partial charge is 0.329 e. The minimum atomic E-state index is 0.306. The van der Waals surface area contributed by atoms with Gasteiger partial charge in [-0.25, -0.2) is 0 Å². The van der Waals surface area contributed by atoms with Crippen LogP contribution in [0.5, 0.6) is 0 Å². The molecule has 0 bridgehead atoms. The van der Waals surface area contributed by atoms with Crippen LogP contribution in [0.1, 0.15) is 76.3 Å². The van der Waals surface area contributed by atoms with Crippen molar-refractivity contribution in [2.75, 3.05) is 13.1 Å². The van der Waals surface area contributed by atoms with E-state index in [-0.39, 0.29) is 0 Å². The molecule has 0 saturated heterocycles. The molecule has 120 valence electrons. The van der Waals surface area contributed by atoms with Crippen LogP contribution in [0.15, 0.2) is 30.3 Å². The highest BCUT2D eigenvalue weighted by Gasteiger charge is 2.07. The van der Waals surface area contributed by atoms with Gasteiger partial charge < -0.3 is 11.1 Å². The molecule has 1 aromatic carbocycles. The van der Waals surface area contributed by atoms with Gasteiger partial charge in [0.1, 0.15) is 0 Å². The molecule has 0 fully saturated rings. The molecule has 1 atom stereocenters. The molecule has 0 aliphatic rings. The molecule has 0 radical (unpaired) electrons. The quantitative estimate of drug-likeness (QED) is 0.512. The molecule has 0 aliphatic heterocycles. The van der Waals surface area contributed by atoms with Crippen LogP contribution in [-0.4, -0.2) is 13.1 Å². The first-order valence-corrected chi connectivity index (χ1v) is 8.87. The standard InChI is InChI=1S/C19H34N2/c1-2-3-4-5-6-7-8-9-13-16-21-19(17-20)18-14-11-10-12-15-18/h10-12,14-15,19,21H,2-9,13,16-17,20H2,1H3. The minimum absolute atomic E-state index is 0.306. The Morgan fingerprint density at radius 3 is 2.00 bits per heavy atom. The van der Waals surface area contributed by atoms with E-state index >= 15 is 0 Å². The predicted molar refractivity (Wildman–Crippen MR) is 93.5 cm³/mol. The van der Waals surface area contributed by atoms with Gasteiger partial charge in [0.05, 0.1) is 0 Å². The third kappa shape index (κ3) is 8.90. The third-order valence-corrected chi connectivity index (χ3v) is 4.11. The lowest BCUT2D eigenvalue weighted by Crippen LogP contribution is -2.28. The fraction of sp³-hybridized carbons (Fsp3) is 0.684. The first-order chi connectivity index (χ1) is 10.4. The van der Waals surface area contributed by atoms with Gasteiger partial charge in [-0.05, 0) is 18.5 Å². The molecule has 1 unspecified atom stereocenters. The van der Waals surface area contributed by atoms with E-state index < -0.39 is 0 Å². The Kier molecular flexibility index (Phi) is 11.1. The molecule has 2 nitrogen and oxygen atoms in total. The van der Waals surface area contributed by atoms with E-state index in [9.17, 15) is 0 Å². The first kappa shape index (κ1) is 18.2. The maximum Gasteiger partial charge on any atom is 0.0444 e. The molecule has 21 heavy (non-hydrogen) atoms. The summed E-state index contributed by atoms with van der Waals surface area (Å²) in [4.78, 5) is 0. The van der Waals surface area contributed by atoms with Crippen molar-refractivity contribution in [3.8, 4) is 0 Å². The van der Waals surface area contributed by atoms with Gasteiger partial charge in [-0.15, -0.1) is 0 Å². The zero-order valence-electron chi connectivity index (χ0n) is 13.8. The van der Waals surface area contributed by atoms with Gasteiger partial charge in [-0.3, -0.25) is 0 Å². The number of unbranched alkanes of at least 4 members (excludes halogenated alkanes) is 8. The molecule has 0 heterocycles. The number of hydrogen-bond donors (Lipinski definition) is 2. The Morgan fingerprint density at radius 1 is 0.857 bits per heavy atom. The van der Waals surface area contributed by atoms with Crippen LogP contribution in [0.2, 0.25) is 0 Å². The summed E-state index contributed by atoms with van der Waals surface area (Å²) in [5, 5.41) is 3.58. The Bertz CT molecular complexity index is 324. The van der Waals surface area contributed by atoms with Gasteiger partial charge in [-0.1, -0.05) is 88.6 Å². The van der Waals surface area contributed by atoms with Crippen molar-refractivity contribution in [1.82, 2.24) is 5.32 Å². The van der Waals surface area contributed by atoms with Gasteiger partial charge in [0, 0.05) is 12.6 Å². The van der Waals surface area contributed by atoms with Crippen LogP contribution >= 0.6 is 0 Å². The topological polar surface area (TPSA) is 38.0 Å². The van der Waals surface area contributed by atoms with Crippen LogP contribution in [0.4, 0.5) is 0 Å². The van der Waals surface area contributed by atoms with Crippen molar-refractivity contribution in [2.24, 2.45) is 5.73 Å². The third-order valence-electron chi connectivity index (χ3n) is 4.11. The molecular weight excluding hydrogens is 256 g/mol. The summed E-state index contributed by atoms with van der Waals surface area (Å²) in [5.74, 6) is 0. The molecule has 3 N–H and O–H groups in total. The Hall–Kier alpha value is -0.860. The van der Waals surface area contributed by atoms with E-state index in [1.165, 1.54) is 63.4 Å². The van der Waals surface area contributed by atoms with Crippen LogP contribution in [0.25, 0.3) is 0 Å². The summed E-state index contributed by atoms with van der Waals surface area (Å²) >= 11 is 0. The van der Waals surface area contributed by atoms with Crippen LogP contribution < -0.4 is 11.1 Å². The van der Waals surface area contributed by atoms with Gasteiger partial charge in [-0.2, -0.15) is 0 Å². The molecule has 2 heteroatoms. The first-order valence-electron chi connectivity index (χ1n) is 8.87. The monoisotopic (exact) mass is 290 g/mol. The van der Waals surface area contributed by atoms with E-state index in [2.05, 4.69) is 42.6 Å². The number of nitrogens with two attached hydrogens (primary N) is 1. The average Bonchev–Trinajstić information content (AvgIpc) is 2.54. The fourth-order valence-corrected chi connectivity index (χ4v) is 2.73. The second-order valence-corrected chi connectivity index (χ2v) is 5.98. The molecule has 1 rings (SSSR count). The van der Waals surface area contributed by atoms with Crippen molar-refractivity contribution >= 4 is 0 Å². The molecule has 1 aromatic rings. The molecule has 0 aliphatic carbocycles. The summed E-state index contributed by atoms with van der Waals surface area (Å²) < 4.78 is 0. The van der Waals surface area contributed by atoms with Crippen molar-refractivity contribution in [3.63, 3.8) is 0 Å². The summed E-state index contributed by atoms with van der Waals surface area (Å²) in [5.41, 5.74) is 7.16. The highest BCUT2D eigenvalue weighted by Crippen LogP contribution is 2.12. The Labute approximate surface area is 131 Å². The summed E-state index contributed by atoms with van der Waals surface area (Å²) in [6.07, 6.45) is 12.4. The Balaban J connectivity index is 1.98. The SMILES string of the molecule is CCCCCCCCCCCNC(CN)c1ccccc1. The van der Waals surface area contributed by atoms with Gasteiger partial charge >= 0.3 is 0 Å². The number of nitrogens with one attached hydrogen (secondary N) is 1. The second-order valence-electron chi connectivity index (χ2n) is 5.98. The maximum absolute atomic E-state index is 5.86. The molecule has 0 saturated carbocycles. The highest BCUT2D eigenvalue weighted by molar-refractivity contribution is 5.19. The maximum atomic E-state index is 5.86. The normalized spacial score (nSPS) is 12.5. The highest BCUT2D eigenvalue weighted by atomic mass is 14.9. The zero-order valence-corrected chi connectivity index (χ0v) is 13.8. The Morgan fingerprint density at radius 2 is 1.43 bits per heavy atom. The predicted octanol–water partition coefficient (Wildman–Crippen LogP) is 4.81. The molecule has 0 aromatic heterocycles. The lowest BCUT2D eigenvalue weighted by atomic mass is 10.1. The lowest BCUT2D eigenvalue weighted by Gasteiger charge is -2.17. The summed E-state index contributed by atoms with van der Waals surface area (Å²) in [6.45, 7) is 4.02. The molecule has 0 spiro atoms. The van der Waals surface area contributed by atoms with Crippen molar-refractivity contribution in [2.45, 2.75) is 70.8 Å².